The monoisotopic (exact) mass is 338 g/mol. The average molecular weight is 338 g/mol. The summed E-state index contributed by atoms with van der Waals surface area (Å²) in [6.07, 6.45) is 1.77. The number of amides is 1. The third kappa shape index (κ3) is 3.46. The first-order chi connectivity index (χ1) is 11.7. The molecule has 1 unspecified atom stereocenters. The van der Waals surface area contributed by atoms with Crippen LogP contribution >= 0.6 is 11.3 Å². The number of carbonyl (C=O) groups excluding carboxylic acids is 2. The number of hydrogen-bond donors (Lipinski definition) is 1. The minimum atomic E-state index is -0.456. The molecule has 0 spiro atoms. The molecule has 0 radical (unpaired) electrons. The molecule has 1 N–H and O–H groups in total. The summed E-state index contributed by atoms with van der Waals surface area (Å²) in [6.45, 7) is 2.30. The van der Waals surface area contributed by atoms with Crippen molar-refractivity contribution in [3.8, 4) is 0 Å². The number of ketones is 1. The maximum absolute atomic E-state index is 12.6. The normalized spacial score (nSPS) is 11.9. The van der Waals surface area contributed by atoms with Gasteiger partial charge in [0.2, 0.25) is 11.7 Å². The first kappa shape index (κ1) is 16.2. The summed E-state index contributed by atoms with van der Waals surface area (Å²) in [5.41, 5.74) is 1.13. The summed E-state index contributed by atoms with van der Waals surface area (Å²) in [7, 11) is 0. The topological polar surface area (TPSA) is 51.1 Å². The van der Waals surface area contributed by atoms with E-state index in [1.807, 2.05) is 35.7 Å². The molecule has 1 amide bonds. The predicted octanol–water partition coefficient (Wildman–Crippen LogP) is 3.66. The number of nitrogens with one attached hydrogen (secondary N) is 1. The number of aromatic nitrogens is 1. The SMILES string of the molecule is CC(C(=O)NCc1cccs1)n1cccc1C(=O)c1ccccc1. The zero-order valence-electron chi connectivity index (χ0n) is 13.3. The second kappa shape index (κ2) is 7.27. The Labute approximate surface area is 144 Å². The quantitative estimate of drug-likeness (QED) is 0.697. The van der Waals surface area contributed by atoms with Gasteiger partial charge in [-0.2, -0.15) is 0 Å². The van der Waals surface area contributed by atoms with Gasteiger partial charge in [-0.15, -0.1) is 11.3 Å². The highest BCUT2D eigenvalue weighted by molar-refractivity contribution is 7.09. The zero-order valence-corrected chi connectivity index (χ0v) is 14.1. The van der Waals surface area contributed by atoms with Gasteiger partial charge in [0.05, 0.1) is 12.2 Å². The molecule has 4 nitrogen and oxygen atoms in total. The lowest BCUT2D eigenvalue weighted by Gasteiger charge is -2.16. The van der Waals surface area contributed by atoms with E-state index < -0.39 is 6.04 Å². The molecule has 3 aromatic rings. The van der Waals surface area contributed by atoms with Crippen LogP contribution in [-0.4, -0.2) is 16.3 Å². The lowest BCUT2D eigenvalue weighted by atomic mass is 10.1. The van der Waals surface area contributed by atoms with Gasteiger partial charge in [-0.25, -0.2) is 0 Å². The number of benzene rings is 1. The van der Waals surface area contributed by atoms with Gasteiger partial charge in [-0.05, 0) is 30.5 Å². The molecular formula is C19H18N2O2S. The van der Waals surface area contributed by atoms with E-state index in [1.165, 1.54) is 0 Å². The number of rotatable bonds is 6. The molecule has 1 atom stereocenters. The molecule has 5 heteroatoms. The Morgan fingerprint density at radius 3 is 2.58 bits per heavy atom. The van der Waals surface area contributed by atoms with Gasteiger partial charge < -0.3 is 9.88 Å². The number of thiophene rings is 1. The molecule has 0 saturated carbocycles. The van der Waals surface area contributed by atoms with Crippen molar-refractivity contribution in [1.29, 1.82) is 0 Å². The van der Waals surface area contributed by atoms with E-state index in [0.29, 0.717) is 17.8 Å². The van der Waals surface area contributed by atoms with E-state index in [-0.39, 0.29) is 11.7 Å². The second-order valence-corrected chi connectivity index (χ2v) is 6.50. The van der Waals surface area contributed by atoms with Crippen molar-refractivity contribution in [3.05, 3.63) is 82.3 Å². The van der Waals surface area contributed by atoms with E-state index in [9.17, 15) is 9.59 Å². The van der Waals surface area contributed by atoms with Crippen LogP contribution in [0, 0.1) is 0 Å². The minimum Gasteiger partial charge on any atom is -0.349 e. The van der Waals surface area contributed by atoms with Gasteiger partial charge in [0.25, 0.3) is 0 Å². The van der Waals surface area contributed by atoms with Crippen LogP contribution in [0.5, 0.6) is 0 Å². The molecule has 24 heavy (non-hydrogen) atoms. The maximum atomic E-state index is 12.6. The van der Waals surface area contributed by atoms with Crippen molar-refractivity contribution in [2.24, 2.45) is 0 Å². The van der Waals surface area contributed by atoms with Crippen molar-refractivity contribution in [2.75, 3.05) is 0 Å². The van der Waals surface area contributed by atoms with Crippen molar-refractivity contribution < 1.29 is 9.59 Å². The van der Waals surface area contributed by atoms with Crippen LogP contribution < -0.4 is 5.32 Å². The van der Waals surface area contributed by atoms with Crippen molar-refractivity contribution in [1.82, 2.24) is 9.88 Å². The number of nitrogens with zero attached hydrogens (tertiary/aromatic N) is 1. The van der Waals surface area contributed by atoms with Gasteiger partial charge >= 0.3 is 0 Å². The van der Waals surface area contributed by atoms with Crippen LogP contribution in [-0.2, 0) is 11.3 Å². The average Bonchev–Trinajstić information content (AvgIpc) is 3.30. The number of carbonyl (C=O) groups is 2. The van der Waals surface area contributed by atoms with Crippen LogP contribution in [0.4, 0.5) is 0 Å². The van der Waals surface area contributed by atoms with E-state index in [2.05, 4.69) is 5.32 Å². The highest BCUT2D eigenvalue weighted by atomic mass is 32.1. The largest absolute Gasteiger partial charge is 0.349 e. The lowest BCUT2D eigenvalue weighted by molar-refractivity contribution is -0.124. The molecule has 3 rings (SSSR count). The molecule has 122 valence electrons. The van der Waals surface area contributed by atoms with E-state index in [0.717, 1.165) is 4.88 Å². The Hall–Kier alpha value is -2.66. The molecular weight excluding hydrogens is 320 g/mol. The summed E-state index contributed by atoms with van der Waals surface area (Å²) in [5, 5.41) is 4.90. The van der Waals surface area contributed by atoms with Gasteiger partial charge in [0.1, 0.15) is 6.04 Å². The van der Waals surface area contributed by atoms with Gasteiger partial charge in [-0.1, -0.05) is 36.4 Å². The van der Waals surface area contributed by atoms with Crippen LogP contribution in [0.2, 0.25) is 0 Å². The van der Waals surface area contributed by atoms with E-state index in [4.69, 9.17) is 0 Å². The molecule has 0 aliphatic heterocycles. The molecule has 0 aliphatic rings. The Morgan fingerprint density at radius 1 is 1.08 bits per heavy atom. The predicted molar refractivity (Wildman–Crippen MR) is 95.2 cm³/mol. The lowest BCUT2D eigenvalue weighted by Crippen LogP contribution is -2.31. The smallest absolute Gasteiger partial charge is 0.243 e. The third-order valence-corrected chi connectivity index (χ3v) is 4.74. The molecule has 2 heterocycles. The van der Waals surface area contributed by atoms with Gasteiger partial charge in [0, 0.05) is 16.6 Å². The van der Waals surface area contributed by atoms with Crippen LogP contribution in [0.1, 0.15) is 33.9 Å². The molecule has 0 bridgehead atoms. The number of hydrogen-bond acceptors (Lipinski definition) is 3. The highest BCUT2D eigenvalue weighted by Crippen LogP contribution is 2.17. The van der Waals surface area contributed by atoms with Crippen molar-refractivity contribution in [3.63, 3.8) is 0 Å². The Morgan fingerprint density at radius 2 is 1.88 bits per heavy atom. The van der Waals surface area contributed by atoms with Crippen molar-refractivity contribution in [2.45, 2.75) is 19.5 Å². The fourth-order valence-electron chi connectivity index (χ4n) is 2.52. The van der Waals surface area contributed by atoms with Gasteiger partial charge in [0.15, 0.2) is 0 Å². The Bertz CT molecular complexity index is 822. The van der Waals surface area contributed by atoms with Crippen LogP contribution in [0.25, 0.3) is 0 Å². The zero-order chi connectivity index (χ0) is 16.9. The molecule has 0 saturated heterocycles. The first-order valence-electron chi connectivity index (χ1n) is 7.73. The molecule has 0 fully saturated rings. The minimum absolute atomic E-state index is 0.0847. The van der Waals surface area contributed by atoms with E-state index >= 15 is 0 Å². The van der Waals surface area contributed by atoms with Crippen LogP contribution in [0.15, 0.2) is 66.2 Å². The first-order valence-corrected chi connectivity index (χ1v) is 8.61. The summed E-state index contributed by atoms with van der Waals surface area (Å²) in [4.78, 5) is 26.2. The fourth-order valence-corrected chi connectivity index (χ4v) is 3.17. The summed E-state index contributed by atoms with van der Waals surface area (Å²) < 4.78 is 1.72. The molecule has 1 aromatic carbocycles. The standard InChI is InChI=1S/C19H18N2O2S/c1-14(19(23)20-13-16-9-6-12-24-16)21-11-5-10-17(21)18(22)15-7-3-2-4-8-15/h2-12,14H,13H2,1H3,(H,20,23). The summed E-state index contributed by atoms with van der Waals surface area (Å²) in [5.74, 6) is -0.194. The molecule has 2 aromatic heterocycles. The van der Waals surface area contributed by atoms with Crippen molar-refractivity contribution >= 4 is 23.0 Å². The van der Waals surface area contributed by atoms with Gasteiger partial charge in [-0.3, -0.25) is 9.59 Å². The third-order valence-electron chi connectivity index (χ3n) is 3.86. The second-order valence-electron chi connectivity index (χ2n) is 5.47. The van der Waals surface area contributed by atoms with Crippen LogP contribution in [0.3, 0.4) is 0 Å². The highest BCUT2D eigenvalue weighted by Gasteiger charge is 2.20. The molecule has 0 aliphatic carbocycles. The summed E-state index contributed by atoms with van der Waals surface area (Å²) in [6, 6.07) is 16.1. The fraction of sp³-hybridized carbons (Fsp3) is 0.158. The summed E-state index contributed by atoms with van der Waals surface area (Å²) >= 11 is 1.60. The maximum Gasteiger partial charge on any atom is 0.243 e. The van der Waals surface area contributed by atoms with E-state index in [1.54, 1.807) is 53.3 Å². The Kier molecular flexibility index (Phi) is 4.91. The Balaban J connectivity index is 1.74.